The fourth-order valence-electron chi connectivity index (χ4n) is 2.07. The molecule has 0 atom stereocenters. The van der Waals surface area contributed by atoms with E-state index in [1.165, 1.54) is 6.07 Å². The molecule has 0 N–H and O–H groups in total. The van der Waals surface area contributed by atoms with Crippen LogP contribution < -0.4 is 0 Å². The van der Waals surface area contributed by atoms with Gasteiger partial charge in [-0.2, -0.15) is 0 Å². The summed E-state index contributed by atoms with van der Waals surface area (Å²) in [5.41, 5.74) is 1.25. The van der Waals surface area contributed by atoms with Crippen molar-refractivity contribution in [1.82, 2.24) is 0 Å². The monoisotopic (exact) mass is 355 g/mol. The maximum Gasteiger partial charge on any atom is 0.365 e. The lowest BCUT2D eigenvalue weighted by molar-refractivity contribution is 0.0516. The number of benzene rings is 1. The van der Waals surface area contributed by atoms with Gasteiger partial charge in [-0.15, -0.1) is 11.3 Å². The number of oxime groups is 1. The zero-order valence-corrected chi connectivity index (χ0v) is 13.5. The maximum absolute atomic E-state index is 11.9. The highest BCUT2D eigenvalue weighted by atomic mass is 35.5. The second-order valence-electron chi connectivity index (χ2n) is 4.62. The third-order valence-electron chi connectivity index (χ3n) is 3.13. The van der Waals surface area contributed by atoms with Crippen molar-refractivity contribution in [3.63, 3.8) is 0 Å². The van der Waals surface area contributed by atoms with Crippen molar-refractivity contribution in [2.75, 3.05) is 5.75 Å². The Morgan fingerprint density at radius 1 is 1.32 bits per heavy atom. The third-order valence-corrected chi connectivity index (χ3v) is 6.65. The molecule has 3 rings (SSSR count). The summed E-state index contributed by atoms with van der Waals surface area (Å²) in [6, 6.07) is 7.99. The Morgan fingerprint density at radius 2 is 2.14 bits per heavy atom. The Kier molecular flexibility index (Phi) is 4.03. The van der Waals surface area contributed by atoms with Gasteiger partial charge in [0.05, 0.1) is 17.0 Å². The first-order chi connectivity index (χ1) is 10.5. The molecule has 0 spiro atoms. The summed E-state index contributed by atoms with van der Waals surface area (Å²) in [6.45, 7) is 0. The van der Waals surface area contributed by atoms with Gasteiger partial charge in [-0.1, -0.05) is 22.8 Å². The van der Waals surface area contributed by atoms with Crippen molar-refractivity contribution >= 4 is 44.5 Å². The minimum atomic E-state index is -3.25. The highest BCUT2D eigenvalue weighted by molar-refractivity contribution is 7.93. The number of rotatable bonds is 2. The minimum Gasteiger partial charge on any atom is -0.313 e. The minimum absolute atomic E-state index is 0.0337. The lowest BCUT2D eigenvalue weighted by Gasteiger charge is -2.13. The Bertz CT molecular complexity index is 870. The highest BCUT2D eigenvalue weighted by Crippen LogP contribution is 2.30. The van der Waals surface area contributed by atoms with E-state index in [1.807, 2.05) is 0 Å². The molecule has 0 radical (unpaired) electrons. The zero-order valence-electron chi connectivity index (χ0n) is 11.2. The van der Waals surface area contributed by atoms with E-state index < -0.39 is 15.8 Å². The molecule has 22 heavy (non-hydrogen) atoms. The van der Waals surface area contributed by atoms with Crippen LogP contribution in [0.25, 0.3) is 0 Å². The van der Waals surface area contributed by atoms with Crippen LogP contribution in [0.5, 0.6) is 0 Å². The van der Waals surface area contributed by atoms with E-state index in [2.05, 4.69) is 5.16 Å². The molecule has 5 nitrogen and oxygen atoms in total. The molecule has 0 saturated heterocycles. The number of nitrogens with zero attached hydrogens (tertiary/aromatic N) is 1. The van der Waals surface area contributed by atoms with Gasteiger partial charge in [0.25, 0.3) is 0 Å². The molecule has 0 saturated carbocycles. The molecule has 1 aliphatic rings. The predicted octanol–water partition coefficient (Wildman–Crippen LogP) is 3.14. The second kappa shape index (κ2) is 5.83. The summed E-state index contributed by atoms with van der Waals surface area (Å²) in [7, 11) is -3.25. The molecule has 0 aliphatic carbocycles. The van der Waals surface area contributed by atoms with Gasteiger partial charge >= 0.3 is 5.97 Å². The number of hydrogen-bond acceptors (Lipinski definition) is 6. The quantitative estimate of drug-likeness (QED) is 0.612. The van der Waals surface area contributed by atoms with Crippen molar-refractivity contribution < 1.29 is 18.0 Å². The Balaban J connectivity index is 1.84. The van der Waals surface area contributed by atoms with Crippen LogP contribution in [0.3, 0.4) is 0 Å². The first kappa shape index (κ1) is 15.2. The molecule has 114 valence electrons. The van der Waals surface area contributed by atoms with Crippen LogP contribution in [-0.2, 0) is 14.7 Å². The first-order valence-corrected chi connectivity index (χ1v) is 9.23. The maximum atomic E-state index is 11.9. The lowest BCUT2D eigenvalue weighted by Crippen LogP contribution is -2.20. The van der Waals surface area contributed by atoms with Crippen LogP contribution in [0.1, 0.15) is 22.3 Å². The van der Waals surface area contributed by atoms with E-state index >= 15 is 0 Å². The Hall–Kier alpha value is -1.70. The van der Waals surface area contributed by atoms with Crippen LogP contribution in [0.15, 0.2) is 45.1 Å². The highest BCUT2D eigenvalue weighted by Gasteiger charge is 2.29. The van der Waals surface area contributed by atoms with Crippen molar-refractivity contribution in [3.05, 3.63) is 51.9 Å². The van der Waals surface area contributed by atoms with Crippen molar-refractivity contribution in [3.8, 4) is 0 Å². The average Bonchev–Trinajstić information content (AvgIpc) is 2.97. The van der Waals surface area contributed by atoms with Gasteiger partial charge < -0.3 is 4.84 Å². The van der Waals surface area contributed by atoms with E-state index in [0.717, 1.165) is 11.3 Å². The molecule has 1 aromatic carbocycles. The number of carbonyl (C=O) groups excluding carboxylic acids is 1. The molecule has 1 aromatic heterocycles. The van der Waals surface area contributed by atoms with Gasteiger partial charge in [0.15, 0.2) is 9.84 Å². The van der Waals surface area contributed by atoms with Crippen LogP contribution in [0, 0.1) is 0 Å². The molecule has 0 unspecified atom stereocenters. The molecule has 0 amide bonds. The van der Waals surface area contributed by atoms with Crippen LogP contribution >= 0.6 is 22.9 Å². The largest absolute Gasteiger partial charge is 0.365 e. The average molecular weight is 356 g/mol. The lowest BCUT2D eigenvalue weighted by atomic mass is 10.1. The Morgan fingerprint density at radius 3 is 2.91 bits per heavy atom. The third kappa shape index (κ3) is 2.92. The summed E-state index contributed by atoms with van der Waals surface area (Å²) >= 11 is 6.95. The fourth-order valence-corrected chi connectivity index (χ4v) is 5.07. The van der Waals surface area contributed by atoms with Gasteiger partial charge in [0, 0.05) is 17.0 Å². The normalized spacial score (nSPS) is 18.0. The van der Waals surface area contributed by atoms with Crippen molar-refractivity contribution in [2.24, 2.45) is 5.16 Å². The molecule has 0 fully saturated rings. The van der Waals surface area contributed by atoms with Gasteiger partial charge in [-0.25, -0.2) is 13.2 Å². The van der Waals surface area contributed by atoms with E-state index in [-0.39, 0.29) is 21.9 Å². The van der Waals surface area contributed by atoms with Gasteiger partial charge in [0.1, 0.15) is 4.21 Å². The topological polar surface area (TPSA) is 72.8 Å². The smallest absolute Gasteiger partial charge is 0.313 e. The molecule has 2 aromatic rings. The van der Waals surface area contributed by atoms with Gasteiger partial charge in [-0.3, -0.25) is 0 Å². The molecule has 1 aliphatic heterocycles. The van der Waals surface area contributed by atoms with E-state index in [9.17, 15) is 13.2 Å². The standard InChI is InChI=1S/C14H10ClNO4S2/c15-10-3-1-2-9(8-10)13(17)20-16-12-5-7-22(18,19)14-11(12)4-6-21-14/h1-4,6,8H,5,7H2/b16-12-. The van der Waals surface area contributed by atoms with Crippen LogP contribution in [0.4, 0.5) is 0 Å². The second-order valence-corrected chi connectivity index (χ2v) is 8.27. The molecule has 0 bridgehead atoms. The number of thiophene rings is 1. The summed E-state index contributed by atoms with van der Waals surface area (Å²) in [5.74, 6) is -0.672. The summed E-state index contributed by atoms with van der Waals surface area (Å²) in [6.07, 6.45) is 0.217. The zero-order chi connectivity index (χ0) is 15.7. The predicted molar refractivity (Wildman–Crippen MR) is 84.4 cm³/mol. The molecular weight excluding hydrogens is 346 g/mol. The SMILES string of the molecule is O=C(O/N=C1/CCS(=O)(=O)c2sccc21)c1cccc(Cl)c1. The van der Waals surface area contributed by atoms with E-state index in [4.69, 9.17) is 16.4 Å². The van der Waals surface area contributed by atoms with Crippen molar-refractivity contribution in [1.29, 1.82) is 0 Å². The number of sulfone groups is 1. The van der Waals surface area contributed by atoms with E-state index in [0.29, 0.717) is 16.3 Å². The first-order valence-electron chi connectivity index (χ1n) is 6.32. The molecule has 2 heterocycles. The van der Waals surface area contributed by atoms with E-state index in [1.54, 1.807) is 29.6 Å². The summed E-state index contributed by atoms with van der Waals surface area (Å²) in [4.78, 5) is 16.8. The number of halogens is 1. The molecule has 8 heteroatoms. The van der Waals surface area contributed by atoms with Crippen LogP contribution in [-0.4, -0.2) is 25.9 Å². The fraction of sp³-hybridized carbons (Fsp3) is 0.143. The van der Waals surface area contributed by atoms with Gasteiger partial charge in [0.2, 0.25) is 0 Å². The Labute approximate surface area is 136 Å². The number of fused-ring (bicyclic) bond motifs is 1. The number of hydrogen-bond donors (Lipinski definition) is 0. The van der Waals surface area contributed by atoms with Gasteiger partial charge in [-0.05, 0) is 29.6 Å². The van der Waals surface area contributed by atoms with Crippen LogP contribution in [0.2, 0.25) is 5.02 Å². The summed E-state index contributed by atoms with van der Waals surface area (Å²) < 4.78 is 24.1. The molecular formula is C14H10ClNO4S2. The van der Waals surface area contributed by atoms with Crippen molar-refractivity contribution in [2.45, 2.75) is 10.6 Å². The number of carbonyl (C=O) groups is 1. The summed E-state index contributed by atoms with van der Waals surface area (Å²) in [5, 5.41) is 5.94.